The molecule has 1 N–H and O–H groups in total. The summed E-state index contributed by atoms with van der Waals surface area (Å²) in [6.07, 6.45) is -0.221. The molecule has 2 aromatic carbocycles. The lowest BCUT2D eigenvalue weighted by molar-refractivity contribution is 0.0525. The molecular formula is C21H26ClNO5S. The van der Waals surface area contributed by atoms with E-state index in [0.717, 1.165) is 11.3 Å². The molecule has 6 nitrogen and oxygen atoms in total. The minimum atomic E-state index is -3.04. The minimum Gasteiger partial charge on any atom is -0.497 e. The first-order valence-electron chi connectivity index (χ1n) is 9.49. The normalized spacial score (nSPS) is 19.2. The van der Waals surface area contributed by atoms with Gasteiger partial charge in [0.15, 0.2) is 9.84 Å². The van der Waals surface area contributed by atoms with Gasteiger partial charge >= 0.3 is 0 Å². The number of aliphatic hydroxyl groups is 1. The molecule has 1 saturated heterocycles. The van der Waals surface area contributed by atoms with Gasteiger partial charge in [-0.2, -0.15) is 0 Å². The quantitative estimate of drug-likeness (QED) is 0.647. The van der Waals surface area contributed by atoms with E-state index in [-0.39, 0.29) is 24.2 Å². The van der Waals surface area contributed by atoms with Gasteiger partial charge in [-0.3, -0.25) is 4.90 Å². The van der Waals surface area contributed by atoms with Gasteiger partial charge in [0.05, 0.1) is 18.6 Å². The molecule has 0 unspecified atom stereocenters. The molecule has 1 aliphatic heterocycles. The number of nitrogens with zero attached hydrogens (tertiary/aromatic N) is 1. The summed E-state index contributed by atoms with van der Waals surface area (Å²) in [4.78, 5) is 1.99. The fourth-order valence-corrected chi connectivity index (χ4v) is 5.40. The van der Waals surface area contributed by atoms with Gasteiger partial charge in [-0.25, -0.2) is 8.42 Å². The van der Waals surface area contributed by atoms with Gasteiger partial charge in [-0.05, 0) is 42.3 Å². The molecule has 1 heterocycles. The van der Waals surface area contributed by atoms with Gasteiger partial charge in [0.25, 0.3) is 0 Å². The lowest BCUT2D eigenvalue weighted by Gasteiger charge is -2.30. The van der Waals surface area contributed by atoms with Crippen LogP contribution in [-0.4, -0.2) is 62.3 Å². The van der Waals surface area contributed by atoms with E-state index in [1.165, 1.54) is 0 Å². The Morgan fingerprint density at radius 2 is 1.86 bits per heavy atom. The Hall–Kier alpha value is -1.80. The van der Waals surface area contributed by atoms with E-state index in [9.17, 15) is 13.5 Å². The van der Waals surface area contributed by atoms with Crippen LogP contribution in [0.15, 0.2) is 48.5 Å². The van der Waals surface area contributed by atoms with Crippen LogP contribution in [0.5, 0.6) is 11.5 Å². The molecule has 1 aliphatic rings. The van der Waals surface area contributed by atoms with Crippen LogP contribution in [0.2, 0.25) is 5.02 Å². The Balaban J connectivity index is 1.64. The van der Waals surface area contributed by atoms with Crippen molar-refractivity contribution in [2.24, 2.45) is 0 Å². The van der Waals surface area contributed by atoms with Crippen molar-refractivity contribution in [3.63, 3.8) is 0 Å². The highest BCUT2D eigenvalue weighted by molar-refractivity contribution is 7.91. The SMILES string of the molecule is COc1ccc(OC[C@@H](O)CN(Cc2ccccc2Cl)[C@@H]2CCS(=O)(=O)C2)cc1. The molecule has 29 heavy (non-hydrogen) atoms. The molecule has 0 spiro atoms. The lowest BCUT2D eigenvalue weighted by Crippen LogP contribution is -2.42. The summed E-state index contributed by atoms with van der Waals surface area (Å²) in [6, 6.07) is 14.5. The van der Waals surface area contributed by atoms with Crippen molar-refractivity contribution in [3.05, 3.63) is 59.1 Å². The van der Waals surface area contributed by atoms with Gasteiger partial charge in [0.2, 0.25) is 0 Å². The second-order valence-electron chi connectivity index (χ2n) is 7.22. The first-order valence-corrected chi connectivity index (χ1v) is 11.7. The van der Waals surface area contributed by atoms with E-state index in [0.29, 0.717) is 30.3 Å². The summed E-state index contributed by atoms with van der Waals surface area (Å²) in [6.45, 7) is 0.867. The predicted molar refractivity (Wildman–Crippen MR) is 113 cm³/mol. The largest absolute Gasteiger partial charge is 0.497 e. The molecule has 8 heteroatoms. The third-order valence-electron chi connectivity index (χ3n) is 5.00. The number of methoxy groups -OCH3 is 1. The summed E-state index contributed by atoms with van der Waals surface area (Å²) in [5.74, 6) is 1.63. The molecule has 0 bridgehead atoms. The zero-order chi connectivity index (χ0) is 20.9. The maximum atomic E-state index is 12.0. The van der Waals surface area contributed by atoms with Crippen LogP contribution >= 0.6 is 11.6 Å². The Morgan fingerprint density at radius 1 is 1.17 bits per heavy atom. The second-order valence-corrected chi connectivity index (χ2v) is 9.85. The van der Waals surface area contributed by atoms with Crippen LogP contribution in [0.4, 0.5) is 0 Å². The molecule has 2 atom stereocenters. The lowest BCUT2D eigenvalue weighted by atomic mass is 10.1. The highest BCUT2D eigenvalue weighted by Gasteiger charge is 2.33. The van der Waals surface area contributed by atoms with Crippen molar-refractivity contribution >= 4 is 21.4 Å². The van der Waals surface area contributed by atoms with Crippen molar-refractivity contribution in [2.75, 3.05) is 31.8 Å². The molecule has 0 saturated carbocycles. The minimum absolute atomic E-state index is 0.101. The van der Waals surface area contributed by atoms with E-state index >= 15 is 0 Å². The average molecular weight is 440 g/mol. The number of hydrogen-bond acceptors (Lipinski definition) is 6. The molecular weight excluding hydrogens is 414 g/mol. The number of aliphatic hydroxyl groups excluding tert-OH is 1. The zero-order valence-electron chi connectivity index (χ0n) is 16.3. The molecule has 0 amide bonds. The highest BCUT2D eigenvalue weighted by atomic mass is 35.5. The Kier molecular flexibility index (Phi) is 7.40. The first kappa shape index (κ1) is 21.9. The molecule has 0 aromatic heterocycles. The van der Waals surface area contributed by atoms with Crippen molar-refractivity contribution in [1.82, 2.24) is 4.90 Å². The van der Waals surface area contributed by atoms with Crippen LogP contribution in [0.3, 0.4) is 0 Å². The molecule has 0 aliphatic carbocycles. The van der Waals surface area contributed by atoms with Crippen LogP contribution in [0, 0.1) is 0 Å². The van der Waals surface area contributed by atoms with Crippen LogP contribution in [0.1, 0.15) is 12.0 Å². The van der Waals surface area contributed by atoms with Gasteiger partial charge in [-0.1, -0.05) is 29.8 Å². The van der Waals surface area contributed by atoms with Crippen molar-refractivity contribution in [1.29, 1.82) is 0 Å². The summed E-state index contributed by atoms with van der Waals surface area (Å²) in [7, 11) is -1.45. The summed E-state index contributed by atoms with van der Waals surface area (Å²) in [5.41, 5.74) is 0.904. The van der Waals surface area contributed by atoms with Crippen LogP contribution < -0.4 is 9.47 Å². The first-order chi connectivity index (χ1) is 13.9. The number of hydrogen-bond donors (Lipinski definition) is 1. The Morgan fingerprint density at radius 3 is 2.48 bits per heavy atom. The summed E-state index contributed by atoms with van der Waals surface area (Å²) < 4.78 is 34.7. The fraction of sp³-hybridized carbons (Fsp3) is 0.429. The number of ether oxygens (including phenoxy) is 2. The summed E-state index contributed by atoms with van der Waals surface area (Å²) >= 11 is 6.29. The smallest absolute Gasteiger partial charge is 0.151 e. The van der Waals surface area contributed by atoms with E-state index in [2.05, 4.69) is 0 Å². The Labute approximate surface area is 176 Å². The summed E-state index contributed by atoms with van der Waals surface area (Å²) in [5, 5.41) is 11.2. The zero-order valence-corrected chi connectivity index (χ0v) is 17.9. The van der Waals surface area contributed by atoms with Gasteiger partial charge < -0.3 is 14.6 Å². The van der Waals surface area contributed by atoms with Crippen molar-refractivity contribution in [3.8, 4) is 11.5 Å². The highest BCUT2D eigenvalue weighted by Crippen LogP contribution is 2.24. The predicted octanol–water partition coefficient (Wildman–Crippen LogP) is 2.78. The Bertz CT molecular complexity index is 904. The monoisotopic (exact) mass is 439 g/mol. The van der Waals surface area contributed by atoms with E-state index < -0.39 is 15.9 Å². The number of rotatable bonds is 9. The maximum absolute atomic E-state index is 12.0. The third kappa shape index (κ3) is 6.34. The number of sulfone groups is 1. The fourth-order valence-electron chi connectivity index (χ4n) is 3.44. The maximum Gasteiger partial charge on any atom is 0.151 e. The van der Waals surface area contributed by atoms with Gasteiger partial charge in [0.1, 0.15) is 24.2 Å². The number of halogens is 1. The third-order valence-corrected chi connectivity index (χ3v) is 7.12. The van der Waals surface area contributed by atoms with Crippen molar-refractivity contribution < 1.29 is 23.0 Å². The molecule has 3 rings (SSSR count). The molecule has 158 valence electrons. The van der Waals surface area contributed by atoms with E-state index in [1.807, 2.05) is 29.2 Å². The standard InChI is InChI=1S/C21H26ClNO5S/c1-27-19-6-8-20(9-7-19)28-14-18(24)13-23(17-10-11-29(25,26)15-17)12-16-4-2-3-5-21(16)22/h2-9,17-18,24H,10-15H2,1H3/t17-,18+/m1/s1. The molecule has 0 radical (unpaired) electrons. The number of benzene rings is 2. The second kappa shape index (κ2) is 9.80. The van der Waals surface area contributed by atoms with Gasteiger partial charge in [-0.15, -0.1) is 0 Å². The van der Waals surface area contributed by atoms with E-state index in [1.54, 1.807) is 31.4 Å². The van der Waals surface area contributed by atoms with Gasteiger partial charge in [0, 0.05) is 24.2 Å². The van der Waals surface area contributed by atoms with Crippen LogP contribution in [0.25, 0.3) is 0 Å². The molecule has 2 aromatic rings. The van der Waals surface area contributed by atoms with Crippen molar-refractivity contribution in [2.45, 2.75) is 25.1 Å². The average Bonchev–Trinajstić information content (AvgIpc) is 3.07. The molecule has 1 fully saturated rings. The topological polar surface area (TPSA) is 76.1 Å². The van der Waals surface area contributed by atoms with E-state index in [4.69, 9.17) is 21.1 Å². The van der Waals surface area contributed by atoms with Crippen LogP contribution in [-0.2, 0) is 16.4 Å².